The van der Waals surface area contributed by atoms with Crippen LogP contribution < -0.4 is 10.5 Å². The molecule has 0 aliphatic rings. The predicted octanol–water partition coefficient (Wildman–Crippen LogP) is 2.11. The van der Waals surface area contributed by atoms with E-state index >= 15 is 0 Å². The Bertz CT molecular complexity index is 479. The minimum absolute atomic E-state index is 0.618. The molecule has 0 bridgehead atoms. The summed E-state index contributed by atoms with van der Waals surface area (Å²) in [6.07, 6.45) is 4.71. The highest BCUT2D eigenvalue weighted by Crippen LogP contribution is 2.14. The number of ether oxygens (including phenoxy) is 1. The molecule has 17 heavy (non-hydrogen) atoms. The van der Waals surface area contributed by atoms with Crippen LogP contribution in [-0.2, 0) is 13.0 Å². The highest BCUT2D eigenvalue weighted by molar-refractivity contribution is 5.43. The molecule has 2 rings (SSSR count). The summed E-state index contributed by atoms with van der Waals surface area (Å²) in [7, 11) is 0. The maximum Gasteiger partial charge on any atom is 0.121 e. The summed E-state index contributed by atoms with van der Waals surface area (Å²) in [6.45, 7) is 3.54. The van der Waals surface area contributed by atoms with E-state index in [-0.39, 0.29) is 0 Å². The number of rotatable bonds is 5. The van der Waals surface area contributed by atoms with E-state index in [0.717, 1.165) is 24.4 Å². The third kappa shape index (κ3) is 3.00. The second-order valence-electron chi connectivity index (χ2n) is 3.85. The van der Waals surface area contributed by atoms with Crippen molar-refractivity contribution in [3.63, 3.8) is 0 Å². The van der Waals surface area contributed by atoms with Crippen LogP contribution in [0.25, 0.3) is 0 Å². The van der Waals surface area contributed by atoms with Crippen LogP contribution in [0.1, 0.15) is 12.6 Å². The Balaban J connectivity index is 1.87. The first-order chi connectivity index (χ1) is 8.29. The van der Waals surface area contributed by atoms with Gasteiger partial charge in [-0.25, -0.2) is 4.98 Å². The Hall–Kier alpha value is -1.97. The summed E-state index contributed by atoms with van der Waals surface area (Å²) in [4.78, 5) is 4.12. The van der Waals surface area contributed by atoms with Gasteiger partial charge in [0.25, 0.3) is 0 Å². The smallest absolute Gasteiger partial charge is 0.121 e. The van der Waals surface area contributed by atoms with Crippen LogP contribution in [0.4, 0.5) is 5.69 Å². The first-order valence-corrected chi connectivity index (χ1v) is 5.77. The molecule has 0 amide bonds. The van der Waals surface area contributed by atoms with Gasteiger partial charge in [-0.2, -0.15) is 0 Å². The van der Waals surface area contributed by atoms with Crippen LogP contribution in [0, 0.1) is 0 Å². The Morgan fingerprint density at radius 3 is 3.06 bits per heavy atom. The zero-order chi connectivity index (χ0) is 12.1. The first-order valence-electron chi connectivity index (χ1n) is 5.77. The minimum Gasteiger partial charge on any atom is -0.492 e. The normalized spacial score (nSPS) is 10.4. The van der Waals surface area contributed by atoms with Gasteiger partial charge in [-0.15, -0.1) is 0 Å². The van der Waals surface area contributed by atoms with Crippen LogP contribution >= 0.6 is 0 Å². The van der Waals surface area contributed by atoms with Gasteiger partial charge in [-0.1, -0.05) is 13.0 Å². The van der Waals surface area contributed by atoms with Crippen molar-refractivity contribution in [2.45, 2.75) is 19.9 Å². The zero-order valence-electron chi connectivity index (χ0n) is 9.97. The van der Waals surface area contributed by atoms with E-state index < -0.39 is 0 Å². The second-order valence-corrected chi connectivity index (χ2v) is 3.85. The standard InChI is InChI=1S/C13H17N3O/c1-2-12-9-15-10-16(12)6-7-17-13-5-3-4-11(14)8-13/h3-5,8-10H,2,6-7,14H2,1H3. The van der Waals surface area contributed by atoms with Crippen molar-refractivity contribution < 1.29 is 4.74 Å². The molecule has 1 heterocycles. The van der Waals surface area contributed by atoms with E-state index in [1.807, 2.05) is 36.8 Å². The van der Waals surface area contributed by atoms with Gasteiger partial charge in [0.15, 0.2) is 0 Å². The molecule has 0 aliphatic carbocycles. The SMILES string of the molecule is CCc1cncn1CCOc1cccc(N)c1. The fourth-order valence-corrected chi connectivity index (χ4v) is 1.71. The zero-order valence-corrected chi connectivity index (χ0v) is 9.97. The summed E-state index contributed by atoms with van der Waals surface area (Å²) in [5.74, 6) is 0.808. The van der Waals surface area contributed by atoms with Crippen LogP contribution in [0.15, 0.2) is 36.8 Å². The lowest BCUT2D eigenvalue weighted by molar-refractivity contribution is 0.297. The first kappa shape index (κ1) is 11.5. The topological polar surface area (TPSA) is 53.1 Å². The van der Waals surface area contributed by atoms with Gasteiger partial charge in [0.1, 0.15) is 12.4 Å². The van der Waals surface area contributed by atoms with Crippen molar-refractivity contribution in [1.29, 1.82) is 0 Å². The Labute approximate surface area is 101 Å². The van der Waals surface area contributed by atoms with E-state index in [1.54, 1.807) is 0 Å². The van der Waals surface area contributed by atoms with Crippen molar-refractivity contribution in [3.05, 3.63) is 42.5 Å². The molecule has 2 N–H and O–H groups in total. The van der Waals surface area contributed by atoms with Crippen LogP contribution in [-0.4, -0.2) is 16.2 Å². The summed E-state index contributed by atoms with van der Waals surface area (Å²) >= 11 is 0. The number of benzene rings is 1. The van der Waals surface area contributed by atoms with E-state index in [0.29, 0.717) is 6.61 Å². The molecular formula is C13H17N3O. The fourth-order valence-electron chi connectivity index (χ4n) is 1.71. The fraction of sp³-hybridized carbons (Fsp3) is 0.308. The summed E-state index contributed by atoms with van der Waals surface area (Å²) in [6, 6.07) is 7.47. The number of anilines is 1. The van der Waals surface area contributed by atoms with Crippen molar-refractivity contribution >= 4 is 5.69 Å². The van der Waals surface area contributed by atoms with Crippen LogP contribution in [0.5, 0.6) is 5.75 Å². The van der Waals surface area contributed by atoms with Gasteiger partial charge in [-0.05, 0) is 18.6 Å². The number of nitrogen functional groups attached to an aromatic ring is 1. The van der Waals surface area contributed by atoms with Crippen molar-refractivity contribution in [2.75, 3.05) is 12.3 Å². The second kappa shape index (κ2) is 5.39. The number of imidazole rings is 1. The molecule has 90 valence electrons. The number of nitrogens with zero attached hydrogens (tertiary/aromatic N) is 2. The molecule has 0 unspecified atom stereocenters. The number of aryl methyl sites for hydroxylation is 1. The Morgan fingerprint density at radius 1 is 1.41 bits per heavy atom. The minimum atomic E-state index is 0.618. The highest BCUT2D eigenvalue weighted by Gasteiger charge is 2.00. The Morgan fingerprint density at radius 2 is 2.29 bits per heavy atom. The average Bonchev–Trinajstić information content (AvgIpc) is 2.77. The molecule has 0 atom stereocenters. The van der Waals surface area contributed by atoms with E-state index in [2.05, 4.69) is 16.5 Å². The number of hydrogen-bond acceptors (Lipinski definition) is 3. The Kier molecular flexibility index (Phi) is 3.65. The van der Waals surface area contributed by atoms with Gasteiger partial charge < -0.3 is 15.0 Å². The van der Waals surface area contributed by atoms with Gasteiger partial charge >= 0.3 is 0 Å². The van der Waals surface area contributed by atoms with Crippen LogP contribution in [0.3, 0.4) is 0 Å². The van der Waals surface area contributed by atoms with Gasteiger partial charge in [-0.3, -0.25) is 0 Å². The van der Waals surface area contributed by atoms with Crippen molar-refractivity contribution in [1.82, 2.24) is 9.55 Å². The van der Waals surface area contributed by atoms with Crippen molar-refractivity contribution in [2.24, 2.45) is 0 Å². The lowest BCUT2D eigenvalue weighted by Crippen LogP contribution is -2.09. The molecule has 0 saturated heterocycles. The van der Waals surface area contributed by atoms with Gasteiger partial charge in [0.2, 0.25) is 0 Å². The molecule has 0 radical (unpaired) electrons. The molecule has 4 nitrogen and oxygen atoms in total. The largest absolute Gasteiger partial charge is 0.492 e. The molecule has 0 fully saturated rings. The van der Waals surface area contributed by atoms with Gasteiger partial charge in [0.05, 0.1) is 12.9 Å². The molecule has 1 aromatic carbocycles. The molecule has 0 saturated carbocycles. The number of aromatic nitrogens is 2. The highest BCUT2D eigenvalue weighted by atomic mass is 16.5. The molecule has 2 aromatic rings. The van der Waals surface area contributed by atoms with E-state index in [9.17, 15) is 0 Å². The molecule has 0 aliphatic heterocycles. The predicted molar refractivity (Wildman–Crippen MR) is 68.0 cm³/mol. The maximum absolute atomic E-state index is 5.68. The molecule has 0 spiro atoms. The average molecular weight is 231 g/mol. The maximum atomic E-state index is 5.68. The monoisotopic (exact) mass is 231 g/mol. The molecule has 1 aromatic heterocycles. The quantitative estimate of drug-likeness (QED) is 0.802. The third-order valence-corrected chi connectivity index (χ3v) is 2.62. The van der Waals surface area contributed by atoms with Crippen LogP contribution in [0.2, 0.25) is 0 Å². The van der Waals surface area contributed by atoms with Crippen molar-refractivity contribution in [3.8, 4) is 5.75 Å². The number of hydrogen-bond donors (Lipinski definition) is 1. The summed E-state index contributed by atoms with van der Waals surface area (Å²) in [5.41, 5.74) is 7.62. The summed E-state index contributed by atoms with van der Waals surface area (Å²) in [5, 5.41) is 0. The van der Waals surface area contributed by atoms with E-state index in [1.165, 1.54) is 5.69 Å². The van der Waals surface area contributed by atoms with Gasteiger partial charge in [0, 0.05) is 23.6 Å². The lowest BCUT2D eigenvalue weighted by Gasteiger charge is -2.09. The van der Waals surface area contributed by atoms with E-state index in [4.69, 9.17) is 10.5 Å². The lowest BCUT2D eigenvalue weighted by atomic mass is 10.3. The molecular weight excluding hydrogens is 214 g/mol. The third-order valence-electron chi connectivity index (χ3n) is 2.62. The molecule has 4 heteroatoms. The number of nitrogens with two attached hydrogens (primary N) is 1. The summed E-state index contributed by atoms with van der Waals surface area (Å²) < 4.78 is 7.73.